The molecule has 0 bridgehead atoms. The van der Waals surface area contributed by atoms with E-state index < -0.39 is 11.6 Å². The molecule has 0 saturated heterocycles. The van der Waals surface area contributed by atoms with Crippen LogP contribution in [0.3, 0.4) is 0 Å². The highest BCUT2D eigenvalue weighted by Gasteiger charge is 2.26. The topological polar surface area (TPSA) is 0 Å². The molecule has 0 fully saturated rings. The number of alkyl halides is 1. The van der Waals surface area contributed by atoms with Gasteiger partial charge in [-0.15, -0.1) is 0 Å². The first-order chi connectivity index (χ1) is 6.84. The van der Waals surface area contributed by atoms with Gasteiger partial charge in [-0.3, -0.25) is 0 Å². The lowest BCUT2D eigenvalue weighted by atomic mass is 9.80. The van der Waals surface area contributed by atoms with Gasteiger partial charge in [0.2, 0.25) is 0 Å². The molecular weight excluding hydrogens is 262 g/mol. The number of hydrogen-bond donors (Lipinski definition) is 0. The molecule has 3 heteroatoms. The minimum absolute atomic E-state index is 0.273. The lowest BCUT2D eigenvalue weighted by molar-refractivity contribution is 0.427. The lowest BCUT2D eigenvalue weighted by Gasteiger charge is -2.27. The van der Waals surface area contributed by atoms with Crippen LogP contribution < -0.4 is 0 Å². The molecule has 0 aromatic heterocycles. The standard InChI is InChI=1S/C12H15BrF2/c1-8(13)7-12(2,3)9-5-4-6-10(14)11(9)15/h4-6,8H,7H2,1-3H3. The molecular formula is C12H15BrF2. The molecule has 0 heterocycles. The van der Waals surface area contributed by atoms with Crippen molar-refractivity contribution >= 4 is 15.9 Å². The minimum atomic E-state index is -0.775. The summed E-state index contributed by atoms with van der Waals surface area (Å²) in [4.78, 5) is 0.273. The number of rotatable bonds is 3. The largest absolute Gasteiger partial charge is 0.204 e. The molecule has 0 radical (unpaired) electrons. The van der Waals surface area contributed by atoms with E-state index in [9.17, 15) is 8.78 Å². The quantitative estimate of drug-likeness (QED) is 0.718. The zero-order chi connectivity index (χ0) is 11.6. The number of hydrogen-bond acceptors (Lipinski definition) is 0. The van der Waals surface area contributed by atoms with E-state index in [1.807, 2.05) is 20.8 Å². The van der Waals surface area contributed by atoms with Crippen LogP contribution in [-0.2, 0) is 5.41 Å². The number of benzene rings is 1. The van der Waals surface area contributed by atoms with Gasteiger partial charge in [0.1, 0.15) is 0 Å². The highest BCUT2D eigenvalue weighted by Crippen LogP contribution is 2.32. The Morgan fingerprint density at radius 2 is 1.93 bits per heavy atom. The van der Waals surface area contributed by atoms with Gasteiger partial charge in [-0.1, -0.05) is 48.8 Å². The predicted molar refractivity (Wildman–Crippen MR) is 62.4 cm³/mol. The third-order valence-corrected chi connectivity index (χ3v) is 2.80. The van der Waals surface area contributed by atoms with Crippen molar-refractivity contribution in [2.45, 2.75) is 37.4 Å². The fraction of sp³-hybridized carbons (Fsp3) is 0.500. The summed E-state index contributed by atoms with van der Waals surface area (Å²) in [6.45, 7) is 5.84. The van der Waals surface area contributed by atoms with Gasteiger partial charge in [-0.05, 0) is 23.5 Å². The summed E-state index contributed by atoms with van der Waals surface area (Å²) in [7, 11) is 0. The third-order valence-electron chi connectivity index (χ3n) is 2.47. The van der Waals surface area contributed by atoms with Crippen molar-refractivity contribution in [1.82, 2.24) is 0 Å². The highest BCUT2D eigenvalue weighted by molar-refractivity contribution is 9.09. The van der Waals surface area contributed by atoms with Crippen molar-refractivity contribution in [3.8, 4) is 0 Å². The molecule has 0 amide bonds. The van der Waals surface area contributed by atoms with Gasteiger partial charge in [-0.25, -0.2) is 8.78 Å². The molecule has 0 nitrogen and oxygen atoms in total. The van der Waals surface area contributed by atoms with Crippen LogP contribution in [0.4, 0.5) is 8.78 Å². The second-order valence-electron chi connectivity index (χ2n) is 4.47. The molecule has 84 valence electrons. The Balaban J connectivity index is 3.09. The van der Waals surface area contributed by atoms with Crippen molar-refractivity contribution < 1.29 is 8.78 Å². The van der Waals surface area contributed by atoms with Gasteiger partial charge in [-0.2, -0.15) is 0 Å². The summed E-state index contributed by atoms with van der Waals surface area (Å²) in [6.07, 6.45) is 0.757. The first-order valence-corrected chi connectivity index (χ1v) is 5.85. The van der Waals surface area contributed by atoms with E-state index in [1.54, 1.807) is 12.1 Å². The molecule has 0 aliphatic rings. The van der Waals surface area contributed by atoms with E-state index in [0.29, 0.717) is 5.56 Å². The molecule has 0 spiro atoms. The van der Waals surface area contributed by atoms with E-state index in [1.165, 1.54) is 0 Å². The minimum Gasteiger partial charge on any atom is -0.204 e. The molecule has 0 N–H and O–H groups in total. The highest BCUT2D eigenvalue weighted by atomic mass is 79.9. The van der Waals surface area contributed by atoms with E-state index in [4.69, 9.17) is 0 Å². The summed E-state index contributed by atoms with van der Waals surface area (Å²) < 4.78 is 26.6. The molecule has 1 aromatic rings. The van der Waals surface area contributed by atoms with E-state index in [-0.39, 0.29) is 10.2 Å². The van der Waals surface area contributed by atoms with Crippen LogP contribution in [0.1, 0.15) is 32.8 Å². The van der Waals surface area contributed by atoms with Crippen LogP contribution in [-0.4, -0.2) is 4.83 Å². The number of halogens is 3. The second-order valence-corrected chi connectivity index (χ2v) is 6.03. The average Bonchev–Trinajstić information content (AvgIpc) is 2.07. The summed E-state index contributed by atoms with van der Waals surface area (Å²) in [6, 6.07) is 4.34. The normalized spacial score (nSPS) is 14.0. The first-order valence-electron chi connectivity index (χ1n) is 4.93. The maximum atomic E-state index is 13.6. The second kappa shape index (κ2) is 4.60. The SMILES string of the molecule is CC(Br)CC(C)(C)c1cccc(F)c1F. The van der Waals surface area contributed by atoms with Gasteiger partial charge in [0.15, 0.2) is 11.6 Å². The first kappa shape index (κ1) is 12.6. The van der Waals surface area contributed by atoms with E-state index in [2.05, 4.69) is 15.9 Å². The monoisotopic (exact) mass is 276 g/mol. The molecule has 1 atom stereocenters. The van der Waals surface area contributed by atoms with Crippen LogP contribution in [0.5, 0.6) is 0 Å². The zero-order valence-electron chi connectivity index (χ0n) is 9.15. The van der Waals surface area contributed by atoms with Crippen LogP contribution in [0.15, 0.2) is 18.2 Å². The van der Waals surface area contributed by atoms with E-state index in [0.717, 1.165) is 12.5 Å². The van der Waals surface area contributed by atoms with Gasteiger partial charge < -0.3 is 0 Å². The van der Waals surface area contributed by atoms with Crippen LogP contribution in [0.2, 0.25) is 0 Å². The molecule has 0 aliphatic carbocycles. The predicted octanol–water partition coefficient (Wildman–Crippen LogP) is 4.42. The maximum absolute atomic E-state index is 13.6. The fourth-order valence-corrected chi connectivity index (χ4v) is 2.65. The summed E-state index contributed by atoms with van der Waals surface area (Å²) in [5.41, 5.74) is 0.0727. The molecule has 1 rings (SSSR count). The lowest BCUT2D eigenvalue weighted by Crippen LogP contribution is -2.22. The van der Waals surface area contributed by atoms with E-state index >= 15 is 0 Å². The van der Waals surface area contributed by atoms with Crippen molar-refractivity contribution in [2.24, 2.45) is 0 Å². The van der Waals surface area contributed by atoms with Crippen LogP contribution in [0, 0.1) is 11.6 Å². The fourth-order valence-electron chi connectivity index (χ4n) is 1.84. The summed E-state index contributed by atoms with van der Waals surface area (Å²) in [5.74, 6) is -1.50. The smallest absolute Gasteiger partial charge is 0.162 e. The molecule has 1 aromatic carbocycles. The molecule has 1 unspecified atom stereocenters. The molecule has 0 aliphatic heterocycles. The zero-order valence-corrected chi connectivity index (χ0v) is 10.7. The van der Waals surface area contributed by atoms with Gasteiger partial charge in [0, 0.05) is 4.83 Å². The maximum Gasteiger partial charge on any atom is 0.162 e. The average molecular weight is 277 g/mol. The summed E-state index contributed by atoms with van der Waals surface area (Å²) in [5, 5.41) is 0. The third kappa shape index (κ3) is 3.00. The summed E-state index contributed by atoms with van der Waals surface area (Å²) >= 11 is 3.43. The van der Waals surface area contributed by atoms with Crippen LogP contribution >= 0.6 is 15.9 Å². The van der Waals surface area contributed by atoms with Crippen molar-refractivity contribution in [3.05, 3.63) is 35.4 Å². The Bertz CT molecular complexity index is 345. The molecule has 15 heavy (non-hydrogen) atoms. The van der Waals surface area contributed by atoms with Crippen molar-refractivity contribution in [3.63, 3.8) is 0 Å². The van der Waals surface area contributed by atoms with Gasteiger partial charge >= 0.3 is 0 Å². The van der Waals surface area contributed by atoms with Crippen molar-refractivity contribution in [2.75, 3.05) is 0 Å². The Hall–Kier alpha value is -0.440. The Morgan fingerprint density at radius 1 is 1.33 bits per heavy atom. The van der Waals surface area contributed by atoms with Crippen molar-refractivity contribution in [1.29, 1.82) is 0 Å². The Morgan fingerprint density at radius 3 is 2.47 bits per heavy atom. The Labute approximate surface area is 97.8 Å². The van der Waals surface area contributed by atoms with Gasteiger partial charge in [0.05, 0.1) is 0 Å². The van der Waals surface area contributed by atoms with Gasteiger partial charge in [0.25, 0.3) is 0 Å². The molecule has 0 saturated carbocycles. The van der Waals surface area contributed by atoms with Crippen LogP contribution in [0.25, 0.3) is 0 Å². The Kier molecular flexibility index (Phi) is 3.87.